The van der Waals surface area contributed by atoms with Crippen molar-refractivity contribution in [2.45, 2.75) is 51.4 Å². The number of ether oxygens (including phenoxy) is 5. The maximum Gasteiger partial charge on any atom is 0.410 e. The standard InChI is InChI=1S/C52H54N2O8/c1-52(2,3)62-51(57)54(30-29-53(31-32-58-4)50(56)61-35-46-43-20-11-9-18-41(43)42-19-10-12-21-44(42)46)47(33-49(55)59-5)38-25-23-37(24-26-38)39-27-28-48(45-22-14-13-17-40(39)45)60-34-36-15-7-6-8-16-36/h6-28,46-47H,29-35H2,1-5H3/t47-/m0/s1. The Kier molecular flexibility index (Phi) is 13.9. The van der Waals surface area contributed by atoms with Gasteiger partial charge < -0.3 is 28.6 Å². The van der Waals surface area contributed by atoms with E-state index in [1.807, 2.05) is 97.1 Å². The van der Waals surface area contributed by atoms with Crippen LogP contribution in [0, 0.1) is 0 Å². The molecule has 6 aromatic carbocycles. The first kappa shape index (κ1) is 43.4. The van der Waals surface area contributed by atoms with Crippen LogP contribution in [0.25, 0.3) is 33.0 Å². The van der Waals surface area contributed by atoms with Gasteiger partial charge in [0, 0.05) is 38.0 Å². The summed E-state index contributed by atoms with van der Waals surface area (Å²) in [6.45, 7) is 6.53. The van der Waals surface area contributed by atoms with E-state index in [4.69, 9.17) is 23.7 Å². The Balaban J connectivity index is 1.13. The third-order valence-corrected chi connectivity index (χ3v) is 11.1. The van der Waals surface area contributed by atoms with Gasteiger partial charge in [0.25, 0.3) is 0 Å². The number of nitrogens with zero attached hydrogens (tertiary/aromatic N) is 2. The third-order valence-electron chi connectivity index (χ3n) is 11.1. The van der Waals surface area contributed by atoms with Crippen LogP contribution < -0.4 is 4.74 Å². The minimum Gasteiger partial charge on any atom is -0.488 e. The molecule has 2 amide bonds. The molecule has 0 N–H and O–H groups in total. The molecule has 1 aliphatic rings. The number of esters is 1. The summed E-state index contributed by atoms with van der Waals surface area (Å²) in [5.41, 5.74) is 7.37. The first-order valence-electron chi connectivity index (χ1n) is 21.0. The van der Waals surface area contributed by atoms with Crippen molar-refractivity contribution in [3.63, 3.8) is 0 Å². The lowest BCUT2D eigenvalue weighted by atomic mass is 9.94. The Morgan fingerprint density at radius 3 is 1.92 bits per heavy atom. The fourth-order valence-corrected chi connectivity index (χ4v) is 8.02. The zero-order valence-electron chi connectivity index (χ0n) is 36.0. The number of hydrogen-bond acceptors (Lipinski definition) is 8. The van der Waals surface area contributed by atoms with Crippen molar-refractivity contribution in [2.75, 3.05) is 47.1 Å². The molecule has 7 rings (SSSR count). The molecule has 62 heavy (non-hydrogen) atoms. The van der Waals surface area contributed by atoms with Crippen molar-refractivity contribution in [3.05, 3.63) is 162 Å². The van der Waals surface area contributed by atoms with Crippen LogP contribution in [0.4, 0.5) is 9.59 Å². The lowest BCUT2D eigenvalue weighted by Gasteiger charge is -2.35. The highest BCUT2D eigenvalue weighted by molar-refractivity contribution is 6.00. The summed E-state index contributed by atoms with van der Waals surface area (Å²) >= 11 is 0. The highest BCUT2D eigenvalue weighted by Gasteiger charge is 2.34. The zero-order chi connectivity index (χ0) is 43.6. The summed E-state index contributed by atoms with van der Waals surface area (Å²) in [5, 5.41) is 2.01. The SMILES string of the molecule is COCCN(CCN(C(=O)OC(C)(C)C)[C@@H](CC(=O)OC)c1ccc(-c2ccc(OCc3ccccc3)c3ccccc23)cc1)C(=O)OCC1c2ccccc2-c2ccccc21. The Morgan fingerprint density at radius 2 is 1.27 bits per heavy atom. The molecule has 0 saturated heterocycles. The van der Waals surface area contributed by atoms with Crippen molar-refractivity contribution in [1.82, 2.24) is 9.80 Å². The molecule has 320 valence electrons. The molecule has 10 nitrogen and oxygen atoms in total. The number of methoxy groups -OCH3 is 2. The van der Waals surface area contributed by atoms with Crippen LogP contribution in [0.5, 0.6) is 5.75 Å². The van der Waals surface area contributed by atoms with E-state index in [9.17, 15) is 14.4 Å². The van der Waals surface area contributed by atoms with Gasteiger partial charge in [-0.3, -0.25) is 9.69 Å². The van der Waals surface area contributed by atoms with Gasteiger partial charge in [-0.2, -0.15) is 0 Å². The highest BCUT2D eigenvalue weighted by Crippen LogP contribution is 2.44. The van der Waals surface area contributed by atoms with Gasteiger partial charge in [-0.1, -0.05) is 133 Å². The number of fused-ring (bicyclic) bond motifs is 4. The normalized spacial score (nSPS) is 12.5. The molecule has 0 fully saturated rings. The average molecular weight is 835 g/mol. The summed E-state index contributed by atoms with van der Waals surface area (Å²) in [6, 6.07) is 45.6. The van der Waals surface area contributed by atoms with Gasteiger partial charge in [-0.05, 0) is 76.7 Å². The molecule has 0 spiro atoms. The van der Waals surface area contributed by atoms with Gasteiger partial charge in [0.05, 0.1) is 26.2 Å². The molecular formula is C52H54N2O8. The number of rotatable bonds is 16. The first-order chi connectivity index (χ1) is 30.0. The Bertz CT molecular complexity index is 2430. The van der Waals surface area contributed by atoms with Gasteiger partial charge in [-0.15, -0.1) is 0 Å². The minimum atomic E-state index is -0.838. The second-order valence-electron chi connectivity index (χ2n) is 16.3. The quantitative estimate of drug-likeness (QED) is 0.0701. The number of carbonyl (C=O) groups excluding carboxylic acids is 3. The second kappa shape index (κ2) is 19.8. The first-order valence-corrected chi connectivity index (χ1v) is 21.0. The maximum absolute atomic E-state index is 14.2. The fourth-order valence-electron chi connectivity index (χ4n) is 8.02. The van der Waals surface area contributed by atoms with E-state index < -0.39 is 29.8 Å². The summed E-state index contributed by atoms with van der Waals surface area (Å²) < 4.78 is 28.8. The van der Waals surface area contributed by atoms with E-state index in [0.29, 0.717) is 12.2 Å². The number of benzene rings is 6. The fraction of sp³-hybridized carbons (Fsp3) is 0.288. The molecule has 10 heteroatoms. The van der Waals surface area contributed by atoms with Crippen LogP contribution in [-0.4, -0.2) is 80.6 Å². The van der Waals surface area contributed by atoms with Crippen molar-refractivity contribution in [3.8, 4) is 28.0 Å². The smallest absolute Gasteiger partial charge is 0.410 e. The molecule has 0 aromatic heterocycles. The molecular weight excluding hydrogens is 781 g/mol. The number of amides is 2. The van der Waals surface area contributed by atoms with Crippen LogP contribution >= 0.6 is 0 Å². The number of carbonyl (C=O) groups is 3. The largest absolute Gasteiger partial charge is 0.488 e. The lowest BCUT2D eigenvalue weighted by molar-refractivity contribution is -0.142. The van der Waals surface area contributed by atoms with Crippen LogP contribution in [0.3, 0.4) is 0 Å². The van der Waals surface area contributed by atoms with E-state index in [-0.39, 0.29) is 45.2 Å². The molecule has 0 heterocycles. The Morgan fingerprint density at radius 1 is 0.645 bits per heavy atom. The van der Waals surface area contributed by atoms with E-state index in [1.54, 1.807) is 27.9 Å². The van der Waals surface area contributed by atoms with E-state index >= 15 is 0 Å². The van der Waals surface area contributed by atoms with Crippen molar-refractivity contribution in [2.24, 2.45) is 0 Å². The van der Waals surface area contributed by atoms with Crippen LogP contribution in [0.1, 0.15) is 61.4 Å². The van der Waals surface area contributed by atoms with Crippen LogP contribution in [0.2, 0.25) is 0 Å². The molecule has 0 bridgehead atoms. The minimum absolute atomic E-state index is 0.0291. The molecule has 0 aliphatic heterocycles. The van der Waals surface area contributed by atoms with Crippen LogP contribution in [-0.2, 0) is 30.3 Å². The van der Waals surface area contributed by atoms with Crippen molar-refractivity contribution in [1.29, 1.82) is 0 Å². The zero-order valence-corrected chi connectivity index (χ0v) is 36.0. The summed E-state index contributed by atoms with van der Waals surface area (Å²) in [6.07, 6.45) is -1.31. The van der Waals surface area contributed by atoms with Crippen molar-refractivity contribution >= 4 is 28.9 Å². The monoisotopic (exact) mass is 834 g/mol. The molecule has 0 radical (unpaired) electrons. The van der Waals surface area contributed by atoms with Gasteiger partial charge >= 0.3 is 18.2 Å². The summed E-state index contributed by atoms with van der Waals surface area (Å²) in [5.74, 6) is 0.163. The topological polar surface area (TPSA) is 104 Å². The van der Waals surface area contributed by atoms with Crippen LogP contribution in [0.15, 0.2) is 140 Å². The molecule has 0 saturated carbocycles. The maximum atomic E-state index is 14.2. The number of hydrogen-bond donors (Lipinski definition) is 0. The van der Waals surface area contributed by atoms with Gasteiger partial charge in [0.1, 0.15) is 24.6 Å². The summed E-state index contributed by atoms with van der Waals surface area (Å²) in [4.78, 5) is 44.2. The van der Waals surface area contributed by atoms with E-state index in [2.05, 4.69) is 42.5 Å². The predicted octanol–water partition coefficient (Wildman–Crippen LogP) is 10.8. The van der Waals surface area contributed by atoms with E-state index in [0.717, 1.165) is 55.5 Å². The Hall–Kier alpha value is -6.65. The Labute approximate surface area is 363 Å². The lowest BCUT2D eigenvalue weighted by Crippen LogP contribution is -2.46. The van der Waals surface area contributed by atoms with Gasteiger partial charge in [0.2, 0.25) is 0 Å². The van der Waals surface area contributed by atoms with Crippen molar-refractivity contribution < 1.29 is 38.1 Å². The van der Waals surface area contributed by atoms with E-state index in [1.165, 1.54) is 16.9 Å². The second-order valence-corrected chi connectivity index (χ2v) is 16.3. The summed E-state index contributed by atoms with van der Waals surface area (Å²) in [7, 11) is 2.89. The molecule has 1 aliphatic carbocycles. The molecule has 1 atom stereocenters. The third kappa shape index (κ3) is 10.3. The average Bonchev–Trinajstić information content (AvgIpc) is 3.61. The highest BCUT2D eigenvalue weighted by atomic mass is 16.6. The molecule has 6 aromatic rings. The van der Waals surface area contributed by atoms with Gasteiger partial charge in [0.15, 0.2) is 0 Å². The predicted molar refractivity (Wildman–Crippen MR) is 241 cm³/mol. The molecule has 0 unspecified atom stereocenters. The van der Waals surface area contributed by atoms with Gasteiger partial charge in [-0.25, -0.2) is 9.59 Å².